The molecule has 1 fully saturated rings. The van der Waals surface area contributed by atoms with E-state index in [0.717, 1.165) is 12.8 Å². The minimum atomic E-state index is -0.405. The molecule has 1 unspecified atom stereocenters. The van der Waals surface area contributed by atoms with Crippen LogP contribution < -0.4 is 0 Å². The highest BCUT2D eigenvalue weighted by Gasteiger charge is 2.27. The summed E-state index contributed by atoms with van der Waals surface area (Å²) in [7, 11) is 0. The lowest BCUT2D eigenvalue weighted by molar-refractivity contribution is -0.144. The van der Waals surface area contributed by atoms with Crippen molar-refractivity contribution in [2.45, 2.75) is 38.6 Å². The van der Waals surface area contributed by atoms with Crippen LogP contribution in [0, 0.1) is 12.3 Å². The molecule has 1 rings (SSSR count). The Morgan fingerprint density at radius 2 is 1.77 bits per heavy atom. The van der Waals surface area contributed by atoms with Gasteiger partial charge in [-0.1, -0.05) is 5.92 Å². The largest absolute Gasteiger partial charge is 0.274 e. The predicted molar refractivity (Wildman–Crippen MR) is 48.6 cm³/mol. The van der Waals surface area contributed by atoms with E-state index in [1.807, 2.05) is 0 Å². The average molecular weight is 179 g/mol. The summed E-state index contributed by atoms with van der Waals surface area (Å²) >= 11 is 0. The van der Waals surface area contributed by atoms with E-state index in [4.69, 9.17) is 6.42 Å². The van der Waals surface area contributed by atoms with Crippen LogP contribution in [-0.4, -0.2) is 22.8 Å². The molecule has 0 spiro atoms. The van der Waals surface area contributed by atoms with Gasteiger partial charge in [-0.15, -0.1) is 6.42 Å². The average Bonchev–Trinajstić information content (AvgIpc) is 2.27. The van der Waals surface area contributed by atoms with Crippen LogP contribution in [0.3, 0.4) is 0 Å². The van der Waals surface area contributed by atoms with Gasteiger partial charge in [-0.2, -0.15) is 0 Å². The molecule has 0 aliphatic carbocycles. The molecule has 3 nitrogen and oxygen atoms in total. The number of terminal acetylenes is 1. The zero-order chi connectivity index (χ0) is 9.84. The fourth-order valence-corrected chi connectivity index (χ4v) is 1.44. The molecule has 1 aliphatic rings. The lowest BCUT2D eigenvalue weighted by atomic mass is 10.2. The SMILES string of the molecule is C#CC(C)N1C(=O)CCCCC1=O. The molecule has 0 aromatic carbocycles. The van der Waals surface area contributed by atoms with Crippen LogP contribution in [0.1, 0.15) is 32.6 Å². The Balaban J connectivity index is 2.82. The quantitative estimate of drug-likeness (QED) is 0.443. The van der Waals surface area contributed by atoms with Gasteiger partial charge in [0.05, 0.1) is 6.04 Å². The van der Waals surface area contributed by atoms with Crippen LogP contribution in [0.5, 0.6) is 0 Å². The van der Waals surface area contributed by atoms with Gasteiger partial charge in [0, 0.05) is 12.8 Å². The van der Waals surface area contributed by atoms with E-state index in [0.29, 0.717) is 12.8 Å². The van der Waals surface area contributed by atoms with Crippen LogP contribution in [0.15, 0.2) is 0 Å². The summed E-state index contributed by atoms with van der Waals surface area (Å²) in [5.74, 6) is 2.14. The molecule has 70 valence electrons. The normalized spacial score (nSPS) is 20.8. The molecular formula is C10H13NO2. The molecule has 1 heterocycles. The molecule has 0 bridgehead atoms. The number of carbonyl (C=O) groups is 2. The van der Waals surface area contributed by atoms with Crippen molar-refractivity contribution in [2.75, 3.05) is 0 Å². The van der Waals surface area contributed by atoms with E-state index in [1.54, 1.807) is 6.92 Å². The zero-order valence-electron chi connectivity index (χ0n) is 7.75. The first kappa shape index (κ1) is 9.79. The Morgan fingerprint density at radius 3 is 2.15 bits per heavy atom. The molecule has 0 aromatic heterocycles. The molecule has 1 aliphatic heterocycles. The number of rotatable bonds is 1. The Morgan fingerprint density at radius 1 is 1.31 bits per heavy atom. The predicted octanol–water partition coefficient (Wildman–Crippen LogP) is 0.937. The summed E-state index contributed by atoms with van der Waals surface area (Å²) in [5.41, 5.74) is 0. The Hall–Kier alpha value is -1.30. The van der Waals surface area contributed by atoms with Crippen molar-refractivity contribution in [3.63, 3.8) is 0 Å². The number of imide groups is 1. The lowest BCUT2D eigenvalue weighted by Crippen LogP contribution is -2.41. The van der Waals surface area contributed by atoms with E-state index in [2.05, 4.69) is 5.92 Å². The van der Waals surface area contributed by atoms with E-state index in [1.165, 1.54) is 4.90 Å². The van der Waals surface area contributed by atoms with E-state index in [9.17, 15) is 9.59 Å². The van der Waals surface area contributed by atoms with Gasteiger partial charge in [-0.3, -0.25) is 14.5 Å². The second kappa shape index (κ2) is 4.08. The number of nitrogens with zero attached hydrogens (tertiary/aromatic N) is 1. The Kier molecular flexibility index (Phi) is 3.07. The zero-order valence-corrected chi connectivity index (χ0v) is 7.75. The van der Waals surface area contributed by atoms with E-state index >= 15 is 0 Å². The summed E-state index contributed by atoms with van der Waals surface area (Å²) < 4.78 is 0. The number of carbonyl (C=O) groups excluding carboxylic acids is 2. The highest BCUT2D eigenvalue weighted by Crippen LogP contribution is 2.14. The van der Waals surface area contributed by atoms with Crippen LogP contribution in [0.4, 0.5) is 0 Å². The van der Waals surface area contributed by atoms with Gasteiger partial charge in [0.2, 0.25) is 11.8 Å². The van der Waals surface area contributed by atoms with Gasteiger partial charge in [0.15, 0.2) is 0 Å². The van der Waals surface area contributed by atoms with E-state index in [-0.39, 0.29) is 11.8 Å². The van der Waals surface area contributed by atoms with Crippen LogP contribution >= 0.6 is 0 Å². The van der Waals surface area contributed by atoms with Crippen molar-refractivity contribution in [3.05, 3.63) is 0 Å². The van der Waals surface area contributed by atoms with Crippen molar-refractivity contribution < 1.29 is 9.59 Å². The summed E-state index contributed by atoms with van der Waals surface area (Å²) in [4.78, 5) is 24.1. The minimum absolute atomic E-state index is 0.132. The van der Waals surface area contributed by atoms with Crippen LogP contribution in [0.25, 0.3) is 0 Å². The first-order chi connectivity index (χ1) is 6.16. The first-order valence-electron chi connectivity index (χ1n) is 4.48. The molecule has 13 heavy (non-hydrogen) atoms. The topological polar surface area (TPSA) is 37.4 Å². The third-order valence-corrected chi connectivity index (χ3v) is 2.20. The molecule has 0 radical (unpaired) electrons. The molecule has 3 heteroatoms. The maximum absolute atomic E-state index is 11.4. The fraction of sp³-hybridized carbons (Fsp3) is 0.600. The Bertz CT molecular complexity index is 247. The van der Waals surface area contributed by atoms with Crippen molar-refractivity contribution in [1.82, 2.24) is 4.90 Å². The van der Waals surface area contributed by atoms with Gasteiger partial charge >= 0.3 is 0 Å². The minimum Gasteiger partial charge on any atom is -0.274 e. The summed E-state index contributed by atoms with van der Waals surface area (Å²) in [6, 6.07) is -0.405. The van der Waals surface area contributed by atoms with Gasteiger partial charge in [0.25, 0.3) is 0 Å². The molecule has 0 N–H and O–H groups in total. The number of amides is 2. The summed E-state index contributed by atoms with van der Waals surface area (Å²) in [6.45, 7) is 1.70. The fourth-order valence-electron chi connectivity index (χ4n) is 1.44. The highest BCUT2D eigenvalue weighted by atomic mass is 16.2. The second-order valence-electron chi connectivity index (χ2n) is 3.21. The third kappa shape index (κ3) is 2.09. The van der Waals surface area contributed by atoms with Crippen molar-refractivity contribution in [3.8, 4) is 12.3 Å². The van der Waals surface area contributed by atoms with Gasteiger partial charge in [0.1, 0.15) is 0 Å². The number of hydrogen-bond acceptors (Lipinski definition) is 2. The van der Waals surface area contributed by atoms with Crippen molar-refractivity contribution >= 4 is 11.8 Å². The van der Waals surface area contributed by atoms with E-state index < -0.39 is 6.04 Å². The molecule has 0 saturated carbocycles. The Labute approximate surface area is 78.1 Å². The lowest BCUT2D eigenvalue weighted by Gasteiger charge is -2.21. The number of hydrogen-bond donors (Lipinski definition) is 0. The van der Waals surface area contributed by atoms with Crippen molar-refractivity contribution in [2.24, 2.45) is 0 Å². The third-order valence-electron chi connectivity index (χ3n) is 2.20. The molecule has 1 atom stereocenters. The molecular weight excluding hydrogens is 166 g/mol. The molecule has 1 saturated heterocycles. The van der Waals surface area contributed by atoms with Crippen molar-refractivity contribution in [1.29, 1.82) is 0 Å². The monoisotopic (exact) mass is 179 g/mol. The van der Waals surface area contributed by atoms with Gasteiger partial charge in [-0.05, 0) is 19.8 Å². The maximum atomic E-state index is 11.4. The summed E-state index contributed by atoms with van der Waals surface area (Å²) in [5, 5.41) is 0. The van der Waals surface area contributed by atoms with Crippen LogP contribution in [0.2, 0.25) is 0 Å². The summed E-state index contributed by atoms with van der Waals surface area (Å²) in [6.07, 6.45) is 7.65. The standard InChI is InChI=1S/C10H13NO2/c1-3-8(2)11-9(12)6-4-5-7-10(11)13/h1,8H,4-7H2,2H3. The van der Waals surface area contributed by atoms with Gasteiger partial charge < -0.3 is 0 Å². The molecule has 2 amide bonds. The maximum Gasteiger partial charge on any atom is 0.230 e. The first-order valence-corrected chi connectivity index (χ1v) is 4.48. The smallest absolute Gasteiger partial charge is 0.230 e. The highest BCUT2D eigenvalue weighted by molar-refractivity contribution is 5.96. The van der Waals surface area contributed by atoms with Crippen LogP contribution in [-0.2, 0) is 9.59 Å². The molecule has 0 aromatic rings. The number of likely N-dealkylation sites (tertiary alicyclic amines) is 1. The second-order valence-corrected chi connectivity index (χ2v) is 3.21. The van der Waals surface area contributed by atoms with Gasteiger partial charge in [-0.25, -0.2) is 0 Å².